The Morgan fingerprint density at radius 1 is 1.53 bits per heavy atom. The van der Waals surface area contributed by atoms with Crippen molar-refractivity contribution < 1.29 is 9.18 Å². The molecule has 1 saturated heterocycles. The van der Waals surface area contributed by atoms with Gasteiger partial charge >= 0.3 is 0 Å². The zero-order valence-corrected chi connectivity index (χ0v) is 13.2. The number of halogens is 4. The molecule has 1 aliphatic heterocycles. The molecule has 1 aromatic carbocycles. The van der Waals surface area contributed by atoms with Crippen LogP contribution in [0.25, 0.3) is 0 Å². The van der Waals surface area contributed by atoms with E-state index in [0.29, 0.717) is 13.1 Å². The van der Waals surface area contributed by atoms with Crippen molar-refractivity contribution in [2.75, 3.05) is 13.1 Å². The van der Waals surface area contributed by atoms with Crippen LogP contribution in [0.4, 0.5) is 4.39 Å². The lowest BCUT2D eigenvalue weighted by Gasteiger charge is -2.31. The fourth-order valence-electron chi connectivity index (χ4n) is 2.05. The molecule has 19 heavy (non-hydrogen) atoms. The summed E-state index contributed by atoms with van der Waals surface area (Å²) in [5.41, 5.74) is 6.01. The van der Waals surface area contributed by atoms with Gasteiger partial charge in [-0.3, -0.25) is 4.79 Å². The summed E-state index contributed by atoms with van der Waals surface area (Å²) in [5, 5.41) is 0.243. The third-order valence-corrected chi connectivity index (χ3v) is 3.91. The van der Waals surface area contributed by atoms with Crippen LogP contribution in [0.2, 0.25) is 5.02 Å². The zero-order chi connectivity index (χ0) is 13.3. The number of carbonyl (C=O) groups excluding carboxylic acids is 1. The first-order valence-electron chi connectivity index (χ1n) is 5.68. The van der Waals surface area contributed by atoms with Crippen LogP contribution in [-0.4, -0.2) is 29.9 Å². The van der Waals surface area contributed by atoms with E-state index < -0.39 is 5.82 Å². The van der Waals surface area contributed by atoms with Gasteiger partial charge in [0.25, 0.3) is 5.91 Å². The van der Waals surface area contributed by atoms with Crippen LogP contribution >= 0.6 is 39.9 Å². The average Bonchev–Trinajstić information content (AvgIpc) is 2.33. The molecule has 1 amide bonds. The van der Waals surface area contributed by atoms with E-state index in [-0.39, 0.29) is 39.4 Å². The molecule has 1 fully saturated rings. The van der Waals surface area contributed by atoms with Gasteiger partial charge in [-0.05, 0) is 40.9 Å². The van der Waals surface area contributed by atoms with Crippen molar-refractivity contribution in [2.45, 2.75) is 18.9 Å². The molecular weight excluding hydrogens is 358 g/mol. The van der Waals surface area contributed by atoms with Gasteiger partial charge in [0, 0.05) is 19.1 Å². The van der Waals surface area contributed by atoms with Crippen LogP contribution in [0.5, 0.6) is 0 Å². The summed E-state index contributed by atoms with van der Waals surface area (Å²) in [6, 6.07) is 2.55. The smallest absolute Gasteiger partial charge is 0.255 e. The highest BCUT2D eigenvalue weighted by molar-refractivity contribution is 9.10. The molecule has 2 N–H and O–H groups in total. The van der Waals surface area contributed by atoms with E-state index in [1.807, 2.05) is 0 Å². The molecule has 1 aliphatic rings. The number of rotatable bonds is 1. The number of hydrogen-bond donors (Lipinski definition) is 1. The number of amides is 1. The van der Waals surface area contributed by atoms with Crippen LogP contribution in [0.3, 0.4) is 0 Å². The van der Waals surface area contributed by atoms with Gasteiger partial charge in [0.1, 0.15) is 5.82 Å². The summed E-state index contributed by atoms with van der Waals surface area (Å²) in [6.07, 6.45) is 1.77. The molecule has 2 rings (SSSR count). The highest BCUT2D eigenvalue weighted by Crippen LogP contribution is 2.26. The van der Waals surface area contributed by atoms with Crippen molar-refractivity contribution in [3.05, 3.63) is 33.0 Å². The van der Waals surface area contributed by atoms with Crippen LogP contribution < -0.4 is 5.73 Å². The Hall–Kier alpha value is -0.360. The molecule has 0 saturated carbocycles. The summed E-state index contributed by atoms with van der Waals surface area (Å²) in [6.45, 7) is 1.13. The van der Waals surface area contributed by atoms with Crippen LogP contribution in [0.15, 0.2) is 16.6 Å². The van der Waals surface area contributed by atoms with Gasteiger partial charge in [0.05, 0.1) is 15.1 Å². The molecular formula is C12H14BrCl2FN2O. The van der Waals surface area contributed by atoms with Crippen LogP contribution in [0, 0.1) is 5.82 Å². The quantitative estimate of drug-likeness (QED) is 0.770. The zero-order valence-electron chi connectivity index (χ0n) is 10.0. The Balaban J connectivity index is 0.00000180. The minimum atomic E-state index is -0.496. The lowest BCUT2D eigenvalue weighted by atomic mass is 10.1. The Morgan fingerprint density at radius 2 is 2.21 bits per heavy atom. The second kappa shape index (κ2) is 6.88. The van der Waals surface area contributed by atoms with E-state index in [4.69, 9.17) is 17.3 Å². The Bertz CT molecular complexity index is 487. The van der Waals surface area contributed by atoms with Gasteiger partial charge < -0.3 is 10.6 Å². The monoisotopic (exact) mass is 370 g/mol. The van der Waals surface area contributed by atoms with Crippen molar-refractivity contribution in [3.63, 3.8) is 0 Å². The number of nitrogens with zero attached hydrogens (tertiary/aromatic N) is 1. The SMILES string of the molecule is Cl.NC1CCCN(C(=O)c2cc(F)c(Br)cc2Cl)C1. The molecule has 7 heteroatoms. The van der Waals surface area contributed by atoms with E-state index >= 15 is 0 Å². The predicted octanol–water partition coefficient (Wildman–Crippen LogP) is 3.23. The van der Waals surface area contributed by atoms with Crippen molar-refractivity contribution in [2.24, 2.45) is 5.73 Å². The second-order valence-corrected chi connectivity index (χ2v) is 5.66. The lowest BCUT2D eigenvalue weighted by Crippen LogP contribution is -2.45. The summed E-state index contributed by atoms with van der Waals surface area (Å²) < 4.78 is 13.7. The van der Waals surface area contributed by atoms with Gasteiger partial charge in [-0.25, -0.2) is 4.39 Å². The number of likely N-dealkylation sites (tertiary alicyclic amines) is 1. The minimum absolute atomic E-state index is 0. The lowest BCUT2D eigenvalue weighted by molar-refractivity contribution is 0.0708. The van der Waals surface area contributed by atoms with Crippen LogP contribution in [-0.2, 0) is 0 Å². The van der Waals surface area contributed by atoms with Gasteiger partial charge in [-0.2, -0.15) is 0 Å². The van der Waals surface area contributed by atoms with E-state index in [1.54, 1.807) is 4.90 Å². The standard InChI is InChI=1S/C12H13BrClFN2O.ClH/c13-9-5-10(14)8(4-11(9)15)12(18)17-3-1-2-7(16)6-17;/h4-5,7H,1-3,6,16H2;1H. The van der Waals surface area contributed by atoms with Gasteiger partial charge in [-0.1, -0.05) is 11.6 Å². The first-order chi connectivity index (χ1) is 8.49. The van der Waals surface area contributed by atoms with Crippen molar-refractivity contribution in [3.8, 4) is 0 Å². The van der Waals surface area contributed by atoms with E-state index in [1.165, 1.54) is 6.07 Å². The summed E-state index contributed by atoms with van der Waals surface area (Å²) >= 11 is 9.01. The average molecular weight is 372 g/mol. The largest absolute Gasteiger partial charge is 0.337 e. The number of piperidine rings is 1. The number of nitrogens with two attached hydrogens (primary N) is 1. The highest BCUT2D eigenvalue weighted by atomic mass is 79.9. The summed E-state index contributed by atoms with van der Waals surface area (Å²) in [5.74, 6) is -0.759. The topological polar surface area (TPSA) is 46.3 Å². The summed E-state index contributed by atoms with van der Waals surface area (Å²) in [7, 11) is 0. The number of carbonyl (C=O) groups is 1. The van der Waals surface area contributed by atoms with E-state index in [0.717, 1.165) is 18.9 Å². The molecule has 0 aliphatic carbocycles. The third kappa shape index (κ3) is 3.81. The predicted molar refractivity (Wildman–Crippen MR) is 79.5 cm³/mol. The molecule has 3 nitrogen and oxygen atoms in total. The normalized spacial score (nSPS) is 18.9. The van der Waals surface area contributed by atoms with Crippen molar-refractivity contribution in [1.29, 1.82) is 0 Å². The minimum Gasteiger partial charge on any atom is -0.337 e. The van der Waals surface area contributed by atoms with Gasteiger partial charge in [0.15, 0.2) is 0 Å². The maximum atomic E-state index is 13.5. The molecule has 0 radical (unpaired) electrons. The first-order valence-corrected chi connectivity index (χ1v) is 6.85. The fraction of sp³-hybridized carbons (Fsp3) is 0.417. The molecule has 0 spiro atoms. The molecule has 1 atom stereocenters. The Morgan fingerprint density at radius 3 is 2.84 bits per heavy atom. The maximum Gasteiger partial charge on any atom is 0.255 e. The van der Waals surface area contributed by atoms with Gasteiger partial charge in [0.2, 0.25) is 0 Å². The number of hydrogen-bond acceptors (Lipinski definition) is 2. The Kier molecular flexibility index (Phi) is 6.05. The molecule has 106 valence electrons. The second-order valence-electron chi connectivity index (χ2n) is 4.40. The highest BCUT2D eigenvalue weighted by Gasteiger charge is 2.24. The molecule has 1 heterocycles. The first kappa shape index (κ1) is 16.7. The molecule has 1 aromatic rings. The number of benzene rings is 1. The molecule has 0 bridgehead atoms. The van der Waals surface area contributed by atoms with Gasteiger partial charge in [-0.15, -0.1) is 12.4 Å². The van der Waals surface area contributed by atoms with E-state index in [9.17, 15) is 9.18 Å². The molecule has 1 unspecified atom stereocenters. The third-order valence-electron chi connectivity index (χ3n) is 2.99. The van der Waals surface area contributed by atoms with Crippen molar-refractivity contribution >= 4 is 45.8 Å². The summed E-state index contributed by atoms with van der Waals surface area (Å²) in [4.78, 5) is 13.9. The fourth-order valence-corrected chi connectivity index (χ4v) is 2.77. The van der Waals surface area contributed by atoms with Crippen LogP contribution in [0.1, 0.15) is 23.2 Å². The Labute approximate surface area is 130 Å². The molecule has 0 aromatic heterocycles. The van der Waals surface area contributed by atoms with Crippen molar-refractivity contribution in [1.82, 2.24) is 4.90 Å². The maximum absolute atomic E-state index is 13.5. The van der Waals surface area contributed by atoms with E-state index in [2.05, 4.69) is 15.9 Å².